The van der Waals surface area contributed by atoms with Crippen LogP contribution in [0.15, 0.2) is 54.7 Å². The average molecular weight is 379 g/mol. The van der Waals surface area contributed by atoms with Gasteiger partial charge in [0.15, 0.2) is 18.2 Å². The van der Waals surface area contributed by atoms with Crippen molar-refractivity contribution in [2.45, 2.75) is 6.42 Å². The number of nitrogens with zero attached hydrogens (tertiary/aromatic N) is 1. The van der Waals surface area contributed by atoms with E-state index in [-0.39, 0.29) is 24.5 Å². The number of phosphoric acid groups is 1. The van der Waals surface area contributed by atoms with Crippen molar-refractivity contribution in [2.75, 3.05) is 27.2 Å². The molecule has 1 aliphatic heterocycles. The Labute approximate surface area is 160 Å². The predicted octanol–water partition coefficient (Wildman–Crippen LogP) is 4.34. The first kappa shape index (κ1) is 11.4. The highest BCUT2D eigenvalue weighted by atomic mass is 31.2. The highest BCUT2D eigenvalue weighted by Crippen LogP contribution is 2.58. The molecule has 0 bridgehead atoms. The quantitative estimate of drug-likeness (QED) is 0.393. The summed E-state index contributed by atoms with van der Waals surface area (Å²) in [6.45, 7) is -7.23. The number of nitrogens with one attached hydrogen (secondary N) is 1. The van der Waals surface area contributed by atoms with Crippen LogP contribution in [0.25, 0.3) is 10.9 Å². The van der Waals surface area contributed by atoms with Crippen LogP contribution in [0.1, 0.15) is 13.8 Å². The molecular formula is C19H22N2O4P+. The first-order valence-corrected chi connectivity index (χ1v) is 9.55. The summed E-state index contributed by atoms with van der Waals surface area (Å²) in [7, 11) is -4.23. The fourth-order valence-corrected chi connectivity index (χ4v) is 4.06. The van der Waals surface area contributed by atoms with Crippen molar-refractivity contribution in [3.05, 3.63) is 60.3 Å². The molecule has 0 amide bonds. The molecule has 0 unspecified atom stereocenters. The Hall–Kier alpha value is -2.27. The van der Waals surface area contributed by atoms with Gasteiger partial charge in [-0.15, -0.1) is 0 Å². The topological polar surface area (TPSA) is 60.6 Å². The molecule has 0 radical (unpaired) electrons. The lowest BCUT2D eigenvalue weighted by molar-refractivity contribution is -0.906. The smallest absolute Gasteiger partial charge is 0.391 e. The van der Waals surface area contributed by atoms with Crippen LogP contribution in [-0.2, 0) is 15.5 Å². The molecular weight excluding hydrogens is 351 g/mol. The molecule has 6 nitrogen and oxygen atoms in total. The number of quaternary nitrogens is 1. The molecule has 3 aromatic rings. The molecule has 1 aromatic heterocycles. The van der Waals surface area contributed by atoms with Gasteiger partial charge in [0.1, 0.15) is 0 Å². The minimum Gasteiger partial charge on any atom is -0.391 e. The second kappa shape index (κ2) is 6.47. The maximum atomic E-state index is 12.9. The SMILES string of the molecule is [2H]C([2H])([2H])[N+](CCc1c[nH]c2ccccc12)(COP1(=O)Oc2ccccc2O1)C([2H])([2H])[2H]. The Morgan fingerprint density at radius 2 is 1.81 bits per heavy atom. The van der Waals surface area contributed by atoms with E-state index in [2.05, 4.69) is 4.98 Å². The Bertz CT molecular complexity index is 1130. The largest absolute Gasteiger partial charge is 0.592 e. The van der Waals surface area contributed by atoms with E-state index < -0.39 is 33.0 Å². The second-order valence-electron chi connectivity index (χ2n) is 6.14. The van der Waals surface area contributed by atoms with Crippen molar-refractivity contribution in [1.82, 2.24) is 4.98 Å². The van der Waals surface area contributed by atoms with Gasteiger partial charge in [-0.25, -0.2) is 9.09 Å². The van der Waals surface area contributed by atoms with Crippen LogP contribution in [0.2, 0.25) is 0 Å². The summed E-state index contributed by atoms with van der Waals surface area (Å²) in [6.07, 6.45) is 1.86. The lowest BCUT2D eigenvalue weighted by Gasteiger charge is -2.29. The van der Waals surface area contributed by atoms with E-state index >= 15 is 0 Å². The summed E-state index contributed by atoms with van der Waals surface area (Å²) in [4.78, 5) is 3.09. The van der Waals surface area contributed by atoms with Gasteiger partial charge in [0, 0.05) is 23.5 Å². The number of H-pyrrole nitrogens is 1. The van der Waals surface area contributed by atoms with E-state index in [1.807, 2.05) is 24.3 Å². The highest BCUT2D eigenvalue weighted by molar-refractivity contribution is 7.49. The molecule has 1 aliphatic rings. The minimum absolute atomic E-state index is 0.135. The van der Waals surface area contributed by atoms with Crippen LogP contribution < -0.4 is 9.05 Å². The number of fused-ring (bicyclic) bond motifs is 2. The zero-order chi connectivity index (χ0) is 23.2. The Morgan fingerprint density at radius 1 is 1.12 bits per heavy atom. The zero-order valence-corrected chi connectivity index (χ0v) is 14.7. The van der Waals surface area contributed by atoms with E-state index in [9.17, 15) is 4.57 Å². The molecule has 1 N–H and O–H groups in total. The number of likely N-dealkylation sites (N-methyl/N-ethyl adjacent to an activating group) is 1. The first-order valence-electron chi connectivity index (χ1n) is 11.1. The molecule has 136 valence electrons. The van der Waals surface area contributed by atoms with Crippen molar-refractivity contribution in [1.29, 1.82) is 0 Å². The fourth-order valence-electron chi connectivity index (χ4n) is 2.80. The van der Waals surface area contributed by atoms with Gasteiger partial charge < -0.3 is 18.5 Å². The summed E-state index contributed by atoms with van der Waals surface area (Å²) in [5, 5.41) is 0.869. The van der Waals surface area contributed by atoms with E-state index in [1.165, 1.54) is 12.1 Å². The molecule has 2 heterocycles. The Kier molecular flexibility index (Phi) is 2.85. The van der Waals surface area contributed by atoms with Gasteiger partial charge in [0.25, 0.3) is 0 Å². The van der Waals surface area contributed by atoms with E-state index in [0.717, 1.165) is 16.5 Å². The third-order valence-corrected chi connectivity index (χ3v) is 5.42. The summed E-state index contributed by atoms with van der Waals surface area (Å²) in [5.74, 6) is 0.353. The maximum absolute atomic E-state index is 12.9. The third kappa shape index (κ3) is 3.49. The number of rotatable bonds is 6. The number of phosphoric ester groups is 1. The van der Waals surface area contributed by atoms with Crippen molar-refractivity contribution in [2.24, 2.45) is 0 Å². The molecule has 2 aromatic carbocycles. The predicted molar refractivity (Wildman–Crippen MR) is 100 cm³/mol. The molecule has 0 atom stereocenters. The second-order valence-corrected chi connectivity index (χ2v) is 7.65. The molecule has 0 spiro atoms. The molecule has 0 fully saturated rings. The standard InChI is InChI=1S/C19H22N2O4P/c1-21(2,12-11-15-13-20-17-8-4-3-7-16(15)17)14-23-26(22)24-18-9-5-6-10-19(18)25-26/h3-10,13,20H,11-12,14H2,1-2H3/q+1/i1D3,2D3. The van der Waals surface area contributed by atoms with Gasteiger partial charge in [0.2, 0.25) is 0 Å². The molecule has 26 heavy (non-hydrogen) atoms. The summed E-state index contributed by atoms with van der Waals surface area (Å²) >= 11 is 0. The van der Waals surface area contributed by atoms with Gasteiger partial charge in [-0.1, -0.05) is 30.3 Å². The number of hydrogen-bond acceptors (Lipinski definition) is 4. The number of aromatic nitrogens is 1. The van der Waals surface area contributed by atoms with Crippen LogP contribution in [0.5, 0.6) is 11.5 Å². The van der Waals surface area contributed by atoms with Crippen LogP contribution in [-0.4, -0.2) is 36.7 Å². The molecule has 4 rings (SSSR count). The molecule has 0 aliphatic carbocycles. The molecule has 7 heteroatoms. The van der Waals surface area contributed by atoms with Crippen molar-refractivity contribution in [3.8, 4) is 11.5 Å². The lowest BCUT2D eigenvalue weighted by atomic mass is 10.1. The van der Waals surface area contributed by atoms with Crippen molar-refractivity contribution in [3.63, 3.8) is 0 Å². The van der Waals surface area contributed by atoms with Crippen LogP contribution >= 0.6 is 7.82 Å². The highest BCUT2D eigenvalue weighted by Gasteiger charge is 2.40. The van der Waals surface area contributed by atoms with E-state index in [0.29, 0.717) is 0 Å². The molecule has 0 saturated heterocycles. The Balaban J connectivity index is 1.60. The normalized spacial score (nSPS) is 19.8. The first-order chi connectivity index (χ1) is 14.9. The summed E-state index contributed by atoms with van der Waals surface area (Å²) in [5.41, 5.74) is 1.62. The van der Waals surface area contributed by atoms with Crippen LogP contribution in [0.3, 0.4) is 0 Å². The van der Waals surface area contributed by atoms with Crippen molar-refractivity contribution >= 4 is 18.7 Å². The number of benzene rings is 2. The van der Waals surface area contributed by atoms with Crippen molar-refractivity contribution < 1.29 is 30.8 Å². The number of hydrogen-bond donors (Lipinski definition) is 1. The third-order valence-electron chi connectivity index (χ3n) is 4.14. The fraction of sp³-hybridized carbons (Fsp3) is 0.263. The maximum Gasteiger partial charge on any atom is 0.592 e. The van der Waals surface area contributed by atoms with Gasteiger partial charge in [-0.05, 0) is 23.8 Å². The van der Waals surface area contributed by atoms with Gasteiger partial charge in [-0.2, -0.15) is 0 Å². The van der Waals surface area contributed by atoms with E-state index in [4.69, 9.17) is 21.8 Å². The minimum atomic E-state index is -4.23. The van der Waals surface area contributed by atoms with Gasteiger partial charge in [0.05, 0.1) is 28.7 Å². The number of aromatic amines is 1. The van der Waals surface area contributed by atoms with Crippen LogP contribution in [0, 0.1) is 0 Å². The Morgan fingerprint density at radius 3 is 2.54 bits per heavy atom. The van der Waals surface area contributed by atoms with Crippen LogP contribution in [0.4, 0.5) is 0 Å². The molecule has 0 saturated carbocycles. The summed E-state index contributed by atoms with van der Waals surface area (Å²) < 4.78 is 75.5. The number of para-hydroxylation sites is 3. The van der Waals surface area contributed by atoms with E-state index in [1.54, 1.807) is 18.3 Å². The zero-order valence-electron chi connectivity index (χ0n) is 19.8. The van der Waals surface area contributed by atoms with Gasteiger partial charge in [-0.3, -0.25) is 0 Å². The lowest BCUT2D eigenvalue weighted by Crippen LogP contribution is -2.43. The van der Waals surface area contributed by atoms with Gasteiger partial charge >= 0.3 is 7.82 Å². The summed E-state index contributed by atoms with van der Waals surface area (Å²) in [6, 6.07) is 13.8. The average Bonchev–Trinajstić information content (AvgIpc) is 3.26. The monoisotopic (exact) mass is 379 g/mol.